The van der Waals surface area contributed by atoms with E-state index in [-0.39, 0.29) is 17.1 Å². The van der Waals surface area contributed by atoms with E-state index < -0.39 is 17.5 Å². The van der Waals surface area contributed by atoms with Crippen LogP contribution in [0.2, 0.25) is 5.02 Å². The zero-order valence-corrected chi connectivity index (χ0v) is 10.5. The summed E-state index contributed by atoms with van der Waals surface area (Å²) in [5.41, 5.74) is 0.214. The van der Waals surface area contributed by atoms with Crippen molar-refractivity contribution < 1.29 is 13.6 Å². The first-order valence-corrected chi connectivity index (χ1v) is 5.92. The number of hydrogen-bond acceptors (Lipinski definition) is 1. The highest BCUT2D eigenvalue weighted by Crippen LogP contribution is 2.14. The van der Waals surface area contributed by atoms with Crippen LogP contribution < -0.4 is 5.32 Å². The standard InChI is InChI=1S/C14H10ClF2NO/c15-10-5-6-11(13(17)7-10)14(19)18-8-9-3-1-2-4-12(9)16/h1-7H,8H2,(H,18,19). The van der Waals surface area contributed by atoms with E-state index in [9.17, 15) is 13.6 Å². The molecule has 0 aliphatic carbocycles. The average molecular weight is 282 g/mol. The second-order valence-corrected chi connectivity index (χ2v) is 4.33. The zero-order valence-electron chi connectivity index (χ0n) is 9.79. The Bertz CT molecular complexity index is 616. The van der Waals surface area contributed by atoms with Gasteiger partial charge in [0.1, 0.15) is 11.6 Å². The summed E-state index contributed by atoms with van der Waals surface area (Å²) in [4.78, 5) is 11.7. The monoisotopic (exact) mass is 281 g/mol. The van der Waals surface area contributed by atoms with Gasteiger partial charge >= 0.3 is 0 Å². The Morgan fingerprint density at radius 3 is 2.53 bits per heavy atom. The van der Waals surface area contributed by atoms with Crippen molar-refractivity contribution >= 4 is 17.5 Å². The maximum Gasteiger partial charge on any atom is 0.254 e. The van der Waals surface area contributed by atoms with Crippen LogP contribution in [0.4, 0.5) is 8.78 Å². The smallest absolute Gasteiger partial charge is 0.254 e. The lowest BCUT2D eigenvalue weighted by Crippen LogP contribution is -2.24. The van der Waals surface area contributed by atoms with Gasteiger partial charge in [0.2, 0.25) is 0 Å². The molecule has 2 aromatic carbocycles. The summed E-state index contributed by atoms with van der Waals surface area (Å²) in [6.07, 6.45) is 0. The van der Waals surface area contributed by atoms with Gasteiger partial charge in [-0.1, -0.05) is 29.8 Å². The molecule has 0 spiro atoms. The van der Waals surface area contributed by atoms with Crippen molar-refractivity contribution in [3.8, 4) is 0 Å². The summed E-state index contributed by atoms with van der Waals surface area (Å²) in [7, 11) is 0. The number of carbonyl (C=O) groups is 1. The van der Waals surface area contributed by atoms with E-state index in [2.05, 4.69) is 5.32 Å². The third kappa shape index (κ3) is 3.29. The van der Waals surface area contributed by atoms with E-state index in [0.717, 1.165) is 6.07 Å². The van der Waals surface area contributed by atoms with Crippen LogP contribution in [-0.2, 0) is 6.54 Å². The van der Waals surface area contributed by atoms with Gasteiger partial charge in [0.15, 0.2) is 0 Å². The summed E-state index contributed by atoms with van der Waals surface area (Å²) in [6.45, 7) is -0.00638. The molecule has 0 saturated carbocycles. The second kappa shape index (κ2) is 5.80. The van der Waals surface area contributed by atoms with Gasteiger partial charge in [0.25, 0.3) is 5.91 Å². The summed E-state index contributed by atoms with van der Waals surface area (Å²) in [5.74, 6) is -1.74. The number of hydrogen-bond donors (Lipinski definition) is 1. The predicted octanol–water partition coefficient (Wildman–Crippen LogP) is 3.55. The Morgan fingerprint density at radius 2 is 1.84 bits per heavy atom. The molecule has 0 fully saturated rings. The van der Waals surface area contributed by atoms with Gasteiger partial charge in [0.05, 0.1) is 5.56 Å². The van der Waals surface area contributed by atoms with Crippen LogP contribution >= 0.6 is 11.6 Å². The largest absolute Gasteiger partial charge is 0.348 e. The van der Waals surface area contributed by atoms with Crippen molar-refractivity contribution in [3.63, 3.8) is 0 Å². The number of rotatable bonds is 3. The Hall–Kier alpha value is -1.94. The van der Waals surface area contributed by atoms with Crippen molar-refractivity contribution in [3.05, 3.63) is 70.2 Å². The van der Waals surface area contributed by atoms with Crippen LogP contribution in [-0.4, -0.2) is 5.91 Å². The van der Waals surface area contributed by atoms with Gasteiger partial charge in [-0.15, -0.1) is 0 Å². The summed E-state index contributed by atoms with van der Waals surface area (Å²) in [5, 5.41) is 2.67. The highest BCUT2D eigenvalue weighted by atomic mass is 35.5. The molecule has 2 aromatic rings. The number of halogens is 3. The topological polar surface area (TPSA) is 29.1 Å². The molecule has 2 nitrogen and oxygen atoms in total. The van der Waals surface area contributed by atoms with E-state index in [1.165, 1.54) is 18.2 Å². The zero-order chi connectivity index (χ0) is 13.8. The Morgan fingerprint density at radius 1 is 1.11 bits per heavy atom. The van der Waals surface area contributed by atoms with Crippen molar-refractivity contribution in [2.45, 2.75) is 6.54 Å². The molecule has 1 amide bonds. The summed E-state index contributed by atoms with van der Waals surface area (Å²) >= 11 is 5.59. The molecule has 0 atom stereocenters. The molecule has 0 aliphatic heterocycles. The molecular weight excluding hydrogens is 272 g/mol. The average Bonchev–Trinajstić information content (AvgIpc) is 2.37. The van der Waals surface area contributed by atoms with Crippen LogP contribution in [0.3, 0.4) is 0 Å². The lowest BCUT2D eigenvalue weighted by Gasteiger charge is -2.07. The van der Waals surface area contributed by atoms with Gasteiger partial charge in [0, 0.05) is 17.1 Å². The molecule has 0 heterocycles. The van der Waals surface area contributed by atoms with Gasteiger partial charge in [-0.25, -0.2) is 8.78 Å². The van der Waals surface area contributed by atoms with Gasteiger partial charge in [-0.2, -0.15) is 0 Å². The van der Waals surface area contributed by atoms with Crippen molar-refractivity contribution in [2.75, 3.05) is 0 Å². The van der Waals surface area contributed by atoms with E-state index in [1.807, 2.05) is 0 Å². The number of amides is 1. The van der Waals surface area contributed by atoms with Crippen LogP contribution in [0.25, 0.3) is 0 Å². The maximum atomic E-state index is 13.5. The fourth-order valence-electron chi connectivity index (χ4n) is 1.59. The maximum absolute atomic E-state index is 13.5. The first-order chi connectivity index (χ1) is 9.08. The van der Waals surface area contributed by atoms with Crippen molar-refractivity contribution in [1.82, 2.24) is 5.32 Å². The van der Waals surface area contributed by atoms with Crippen LogP contribution in [0, 0.1) is 11.6 Å². The first-order valence-electron chi connectivity index (χ1n) is 5.54. The predicted molar refractivity (Wildman–Crippen MR) is 69.0 cm³/mol. The third-order valence-electron chi connectivity index (χ3n) is 2.57. The van der Waals surface area contributed by atoms with E-state index in [4.69, 9.17) is 11.6 Å². The van der Waals surface area contributed by atoms with Crippen LogP contribution in [0.5, 0.6) is 0 Å². The molecule has 0 unspecified atom stereocenters. The summed E-state index contributed by atoms with van der Waals surface area (Å²) in [6, 6.07) is 9.82. The number of nitrogens with one attached hydrogen (secondary N) is 1. The van der Waals surface area contributed by atoms with Gasteiger partial charge < -0.3 is 5.32 Å². The molecule has 0 bridgehead atoms. The van der Waals surface area contributed by atoms with Crippen molar-refractivity contribution in [1.29, 1.82) is 0 Å². The lowest BCUT2D eigenvalue weighted by atomic mass is 10.1. The highest BCUT2D eigenvalue weighted by molar-refractivity contribution is 6.30. The lowest BCUT2D eigenvalue weighted by molar-refractivity contribution is 0.0946. The minimum absolute atomic E-state index is 0.00638. The molecule has 1 N–H and O–H groups in total. The summed E-state index contributed by atoms with van der Waals surface area (Å²) < 4.78 is 26.8. The minimum atomic E-state index is -0.710. The molecule has 0 aliphatic rings. The normalized spacial score (nSPS) is 10.3. The Kier molecular flexibility index (Phi) is 4.12. The molecule has 5 heteroatoms. The van der Waals surface area contributed by atoms with Crippen molar-refractivity contribution in [2.24, 2.45) is 0 Å². The highest BCUT2D eigenvalue weighted by Gasteiger charge is 2.12. The second-order valence-electron chi connectivity index (χ2n) is 3.90. The molecule has 2 rings (SSSR count). The molecule has 98 valence electrons. The van der Waals surface area contributed by atoms with Gasteiger partial charge in [-0.3, -0.25) is 4.79 Å². The van der Waals surface area contributed by atoms with Crippen LogP contribution in [0.15, 0.2) is 42.5 Å². The molecule has 19 heavy (non-hydrogen) atoms. The third-order valence-corrected chi connectivity index (χ3v) is 2.81. The van der Waals surface area contributed by atoms with E-state index >= 15 is 0 Å². The fraction of sp³-hybridized carbons (Fsp3) is 0.0714. The van der Waals surface area contributed by atoms with E-state index in [0.29, 0.717) is 5.56 Å². The molecule has 0 aromatic heterocycles. The van der Waals surface area contributed by atoms with E-state index in [1.54, 1.807) is 18.2 Å². The first kappa shape index (κ1) is 13.5. The fourth-order valence-corrected chi connectivity index (χ4v) is 1.74. The van der Waals surface area contributed by atoms with Gasteiger partial charge in [-0.05, 0) is 24.3 Å². The Balaban J connectivity index is 2.08. The number of carbonyl (C=O) groups excluding carboxylic acids is 1. The molecule has 0 radical (unpaired) electrons. The molecule has 0 saturated heterocycles. The number of benzene rings is 2. The Labute approximate surface area is 114 Å². The quantitative estimate of drug-likeness (QED) is 0.916. The minimum Gasteiger partial charge on any atom is -0.348 e. The van der Waals surface area contributed by atoms with Crippen LogP contribution in [0.1, 0.15) is 15.9 Å². The molecular formula is C14H10ClF2NO. The SMILES string of the molecule is O=C(NCc1ccccc1F)c1ccc(Cl)cc1F.